The summed E-state index contributed by atoms with van der Waals surface area (Å²) in [6.45, 7) is 1.40. The zero-order valence-electron chi connectivity index (χ0n) is 14.7. The quantitative estimate of drug-likeness (QED) is 0.670. The highest BCUT2D eigenvalue weighted by atomic mass is 32.2. The predicted octanol–water partition coefficient (Wildman–Crippen LogP) is 1.84. The molecule has 0 aliphatic heterocycles. The van der Waals surface area contributed by atoms with Crippen molar-refractivity contribution in [2.45, 2.75) is 12.1 Å². The van der Waals surface area contributed by atoms with Gasteiger partial charge in [-0.25, -0.2) is 18.2 Å². The number of pyridine rings is 1. The van der Waals surface area contributed by atoms with Gasteiger partial charge in [-0.1, -0.05) is 23.8 Å². The number of carbonyl (C=O) groups excluding carboxylic acids is 2. The van der Waals surface area contributed by atoms with E-state index in [1.54, 1.807) is 30.3 Å². The molecule has 1 aromatic carbocycles. The number of nitrogens with one attached hydrogen (secondary N) is 1. The Balaban J connectivity index is 1.75. The Morgan fingerprint density at radius 2 is 1.85 bits per heavy atom. The number of rotatable bonds is 5. The van der Waals surface area contributed by atoms with Crippen LogP contribution in [0, 0.1) is 6.92 Å². The standard InChI is InChI=1S/C18H17N3O5S/c1-12-6-8-13(9-7-12)19-15(22)11-26-17(23)16-14-5-3-4-10-21(14)18(20-16)27(2,24)25/h3-10H,11H2,1-2H3,(H,19,22). The second-order valence-electron chi connectivity index (χ2n) is 5.96. The van der Waals surface area contributed by atoms with Crippen LogP contribution in [-0.2, 0) is 19.4 Å². The number of imidazole rings is 1. The Morgan fingerprint density at radius 1 is 1.15 bits per heavy atom. The summed E-state index contributed by atoms with van der Waals surface area (Å²) >= 11 is 0. The number of hydrogen-bond donors (Lipinski definition) is 1. The number of anilines is 1. The lowest BCUT2D eigenvalue weighted by Gasteiger charge is -2.06. The summed E-state index contributed by atoms with van der Waals surface area (Å²) in [4.78, 5) is 28.2. The Morgan fingerprint density at radius 3 is 2.52 bits per heavy atom. The molecule has 3 rings (SSSR count). The van der Waals surface area contributed by atoms with Crippen LogP contribution in [0.4, 0.5) is 5.69 Å². The monoisotopic (exact) mass is 387 g/mol. The number of hydrogen-bond acceptors (Lipinski definition) is 6. The fraction of sp³-hybridized carbons (Fsp3) is 0.167. The molecule has 0 atom stereocenters. The number of sulfone groups is 1. The number of esters is 1. The molecule has 1 N–H and O–H groups in total. The molecule has 8 nitrogen and oxygen atoms in total. The first-order valence-electron chi connectivity index (χ1n) is 7.96. The number of fused-ring (bicyclic) bond motifs is 1. The summed E-state index contributed by atoms with van der Waals surface area (Å²) in [6, 6.07) is 12.0. The highest BCUT2D eigenvalue weighted by molar-refractivity contribution is 7.90. The average molecular weight is 387 g/mol. The number of amides is 1. The summed E-state index contributed by atoms with van der Waals surface area (Å²) in [5.41, 5.74) is 1.74. The third-order valence-electron chi connectivity index (χ3n) is 3.71. The second-order valence-corrected chi connectivity index (χ2v) is 7.87. The Bertz CT molecular complexity index is 1120. The Labute approximate surface area is 155 Å². The Hall–Kier alpha value is -3.20. The smallest absolute Gasteiger partial charge is 0.359 e. The summed E-state index contributed by atoms with van der Waals surface area (Å²) in [6.07, 6.45) is 2.48. The van der Waals surface area contributed by atoms with E-state index in [1.807, 2.05) is 19.1 Å². The van der Waals surface area contributed by atoms with E-state index < -0.39 is 28.3 Å². The van der Waals surface area contributed by atoms with E-state index >= 15 is 0 Å². The second kappa shape index (κ2) is 7.20. The minimum atomic E-state index is -3.65. The van der Waals surface area contributed by atoms with Crippen LogP contribution in [0.3, 0.4) is 0 Å². The minimum absolute atomic E-state index is 0.167. The van der Waals surface area contributed by atoms with Crippen LogP contribution in [0.2, 0.25) is 0 Å². The van der Waals surface area contributed by atoms with Gasteiger partial charge in [0.1, 0.15) is 0 Å². The largest absolute Gasteiger partial charge is 0.451 e. The fourth-order valence-corrected chi connectivity index (χ4v) is 3.23. The molecule has 2 aromatic heterocycles. The van der Waals surface area contributed by atoms with Gasteiger partial charge in [-0.3, -0.25) is 9.20 Å². The van der Waals surface area contributed by atoms with E-state index in [2.05, 4.69) is 10.3 Å². The van der Waals surface area contributed by atoms with Gasteiger partial charge in [0, 0.05) is 18.1 Å². The van der Waals surface area contributed by atoms with Crippen molar-refractivity contribution in [2.24, 2.45) is 0 Å². The van der Waals surface area contributed by atoms with Gasteiger partial charge in [0.25, 0.3) is 5.91 Å². The molecule has 0 saturated heterocycles. The molecule has 0 bridgehead atoms. The third kappa shape index (κ3) is 4.14. The molecule has 0 aliphatic rings. The molecular formula is C18H17N3O5S. The molecule has 0 saturated carbocycles. The van der Waals surface area contributed by atoms with Crippen molar-refractivity contribution >= 4 is 32.9 Å². The zero-order chi connectivity index (χ0) is 19.6. The van der Waals surface area contributed by atoms with E-state index in [9.17, 15) is 18.0 Å². The number of ether oxygens (including phenoxy) is 1. The number of carbonyl (C=O) groups is 2. The first-order chi connectivity index (χ1) is 12.8. The van der Waals surface area contributed by atoms with Crippen molar-refractivity contribution in [2.75, 3.05) is 18.2 Å². The maximum atomic E-state index is 12.3. The predicted molar refractivity (Wildman–Crippen MR) is 98.4 cm³/mol. The van der Waals surface area contributed by atoms with Crippen molar-refractivity contribution in [3.05, 3.63) is 59.9 Å². The molecule has 0 aliphatic carbocycles. The van der Waals surface area contributed by atoms with Gasteiger partial charge in [0.05, 0.1) is 5.52 Å². The fourth-order valence-electron chi connectivity index (χ4n) is 2.45. The summed E-state index contributed by atoms with van der Waals surface area (Å²) in [5.74, 6) is -1.40. The van der Waals surface area contributed by atoms with Crippen LogP contribution >= 0.6 is 0 Å². The number of benzene rings is 1. The number of nitrogens with zero attached hydrogens (tertiary/aromatic N) is 2. The van der Waals surface area contributed by atoms with Crippen LogP contribution < -0.4 is 5.32 Å². The van der Waals surface area contributed by atoms with E-state index in [4.69, 9.17) is 4.74 Å². The number of aromatic nitrogens is 2. The Kier molecular flexibility index (Phi) is 4.95. The lowest BCUT2D eigenvalue weighted by atomic mass is 10.2. The van der Waals surface area contributed by atoms with Gasteiger partial charge in [-0.2, -0.15) is 0 Å². The maximum Gasteiger partial charge on any atom is 0.359 e. The minimum Gasteiger partial charge on any atom is -0.451 e. The molecule has 3 aromatic rings. The van der Waals surface area contributed by atoms with Crippen LogP contribution in [-0.4, -0.2) is 42.5 Å². The zero-order valence-corrected chi connectivity index (χ0v) is 15.5. The molecule has 27 heavy (non-hydrogen) atoms. The third-order valence-corrected chi connectivity index (χ3v) is 4.66. The number of aryl methyl sites for hydroxylation is 1. The van der Waals surface area contributed by atoms with Gasteiger partial charge in [-0.05, 0) is 31.2 Å². The molecule has 0 unspecified atom stereocenters. The molecule has 140 valence electrons. The maximum absolute atomic E-state index is 12.3. The highest BCUT2D eigenvalue weighted by Gasteiger charge is 2.24. The van der Waals surface area contributed by atoms with Gasteiger partial charge in [0.2, 0.25) is 15.0 Å². The van der Waals surface area contributed by atoms with Gasteiger partial charge in [0.15, 0.2) is 12.3 Å². The van der Waals surface area contributed by atoms with Crippen molar-refractivity contribution < 1.29 is 22.7 Å². The molecule has 2 heterocycles. The molecule has 0 fully saturated rings. The molecule has 0 spiro atoms. The van der Waals surface area contributed by atoms with Crippen molar-refractivity contribution in [1.29, 1.82) is 0 Å². The van der Waals surface area contributed by atoms with Crippen molar-refractivity contribution in [3.63, 3.8) is 0 Å². The molecular weight excluding hydrogens is 370 g/mol. The molecule has 0 radical (unpaired) electrons. The van der Waals surface area contributed by atoms with Crippen LogP contribution in [0.1, 0.15) is 16.1 Å². The normalized spacial score (nSPS) is 11.3. The van der Waals surface area contributed by atoms with Crippen molar-refractivity contribution in [1.82, 2.24) is 9.38 Å². The summed E-state index contributed by atoms with van der Waals surface area (Å²) < 4.78 is 30.0. The highest BCUT2D eigenvalue weighted by Crippen LogP contribution is 2.18. The van der Waals surface area contributed by atoms with E-state index in [-0.39, 0.29) is 16.4 Å². The van der Waals surface area contributed by atoms with Crippen LogP contribution in [0.5, 0.6) is 0 Å². The van der Waals surface area contributed by atoms with Gasteiger partial charge in [-0.15, -0.1) is 0 Å². The average Bonchev–Trinajstić information content (AvgIpc) is 3.02. The molecule has 9 heteroatoms. The van der Waals surface area contributed by atoms with Crippen LogP contribution in [0.25, 0.3) is 5.52 Å². The summed E-state index contributed by atoms with van der Waals surface area (Å²) in [5, 5.41) is 2.34. The topological polar surface area (TPSA) is 107 Å². The SMILES string of the molecule is Cc1ccc(NC(=O)COC(=O)c2nc(S(C)(=O)=O)n3ccccc23)cc1. The van der Waals surface area contributed by atoms with Gasteiger partial charge >= 0.3 is 5.97 Å². The van der Waals surface area contributed by atoms with Gasteiger partial charge < -0.3 is 10.1 Å². The van der Waals surface area contributed by atoms with Crippen LogP contribution in [0.15, 0.2) is 53.8 Å². The lowest BCUT2D eigenvalue weighted by Crippen LogP contribution is -2.21. The van der Waals surface area contributed by atoms with E-state index in [0.717, 1.165) is 11.8 Å². The lowest BCUT2D eigenvalue weighted by molar-refractivity contribution is -0.119. The van der Waals surface area contributed by atoms with Crippen molar-refractivity contribution in [3.8, 4) is 0 Å². The molecule has 1 amide bonds. The first-order valence-corrected chi connectivity index (χ1v) is 9.85. The first kappa shape index (κ1) is 18.6. The summed E-state index contributed by atoms with van der Waals surface area (Å²) in [7, 11) is -3.65. The van der Waals surface area contributed by atoms with E-state index in [0.29, 0.717) is 5.69 Å². The van der Waals surface area contributed by atoms with E-state index in [1.165, 1.54) is 10.6 Å².